The van der Waals surface area contributed by atoms with Gasteiger partial charge in [0.25, 0.3) is 0 Å². The van der Waals surface area contributed by atoms with Crippen molar-refractivity contribution >= 4 is 11.6 Å². The number of hydrogen-bond acceptors (Lipinski definition) is 5. The van der Waals surface area contributed by atoms with E-state index in [9.17, 15) is 5.11 Å². The zero-order chi connectivity index (χ0) is 16.3. The summed E-state index contributed by atoms with van der Waals surface area (Å²) < 4.78 is 0. The van der Waals surface area contributed by atoms with Gasteiger partial charge in [-0.15, -0.1) is 0 Å². The molecule has 1 atom stereocenters. The summed E-state index contributed by atoms with van der Waals surface area (Å²) in [5, 5.41) is 17.1. The lowest BCUT2D eigenvalue weighted by molar-refractivity contribution is 0.0279. The molecule has 2 aromatic heterocycles. The number of aliphatic hydroxyl groups is 1. The van der Waals surface area contributed by atoms with Crippen molar-refractivity contribution in [2.24, 2.45) is 0 Å². The Labute approximate surface area is 137 Å². The highest BCUT2D eigenvalue weighted by Crippen LogP contribution is 2.36. The van der Waals surface area contributed by atoms with Crippen LogP contribution < -0.4 is 10.6 Å². The fourth-order valence-corrected chi connectivity index (χ4v) is 2.87. The van der Waals surface area contributed by atoms with E-state index in [4.69, 9.17) is 0 Å². The summed E-state index contributed by atoms with van der Waals surface area (Å²) in [4.78, 5) is 8.76. The molecule has 3 N–H and O–H groups in total. The molecular formula is C18H24N4O. The van der Waals surface area contributed by atoms with Crippen LogP contribution in [0.4, 0.5) is 11.6 Å². The molecule has 1 aliphatic carbocycles. The number of aromatic nitrogens is 2. The van der Waals surface area contributed by atoms with Crippen LogP contribution in [0.3, 0.4) is 0 Å². The molecular weight excluding hydrogens is 288 g/mol. The van der Waals surface area contributed by atoms with E-state index in [1.54, 1.807) is 12.4 Å². The molecule has 0 aliphatic heterocycles. The van der Waals surface area contributed by atoms with Crippen molar-refractivity contribution in [1.29, 1.82) is 0 Å². The monoisotopic (exact) mass is 312 g/mol. The summed E-state index contributed by atoms with van der Waals surface area (Å²) in [7, 11) is 0. The van der Waals surface area contributed by atoms with E-state index >= 15 is 0 Å². The smallest absolute Gasteiger partial charge is 0.137 e. The van der Waals surface area contributed by atoms with E-state index in [0.29, 0.717) is 0 Å². The van der Waals surface area contributed by atoms with Crippen LogP contribution in [0.5, 0.6) is 0 Å². The maximum atomic E-state index is 10.4. The van der Waals surface area contributed by atoms with Crippen LogP contribution in [-0.4, -0.2) is 26.8 Å². The molecule has 3 rings (SSSR count). The van der Waals surface area contributed by atoms with Crippen molar-refractivity contribution < 1.29 is 5.11 Å². The van der Waals surface area contributed by atoms with Crippen LogP contribution in [-0.2, 0) is 12.8 Å². The van der Waals surface area contributed by atoms with Crippen molar-refractivity contribution in [2.75, 3.05) is 10.6 Å². The second-order valence-electron chi connectivity index (χ2n) is 6.08. The summed E-state index contributed by atoms with van der Waals surface area (Å²) in [5.74, 6) is 1.56. The van der Waals surface area contributed by atoms with Gasteiger partial charge in [0.05, 0.1) is 6.10 Å². The number of anilines is 2. The number of nitrogens with one attached hydrogen (secondary N) is 2. The minimum atomic E-state index is -0.598. The molecule has 122 valence electrons. The van der Waals surface area contributed by atoms with Crippen LogP contribution in [0.25, 0.3) is 0 Å². The first-order valence-corrected chi connectivity index (χ1v) is 8.29. The Morgan fingerprint density at radius 1 is 1.04 bits per heavy atom. The van der Waals surface area contributed by atoms with Crippen molar-refractivity contribution in [1.82, 2.24) is 9.97 Å². The molecule has 0 saturated heterocycles. The third kappa shape index (κ3) is 3.29. The first kappa shape index (κ1) is 15.7. The van der Waals surface area contributed by atoms with Gasteiger partial charge in [0.1, 0.15) is 17.3 Å². The number of rotatable bonds is 6. The van der Waals surface area contributed by atoms with E-state index in [-0.39, 0.29) is 0 Å². The van der Waals surface area contributed by atoms with Crippen LogP contribution in [0.1, 0.15) is 37.8 Å². The standard InChI is InChI=1S/C18H24N4O/c1-3-13-6-9-19-16(11-13)21-18(8-5-15(18)23)22-17-12-14(4-2)7-10-20-17/h6-7,9-12,15,23H,3-5,8H2,1-2H3,(H,19,21)(H,20,22). The summed E-state index contributed by atoms with van der Waals surface area (Å²) in [6, 6.07) is 8.08. The summed E-state index contributed by atoms with van der Waals surface area (Å²) >= 11 is 0. The van der Waals surface area contributed by atoms with Crippen molar-refractivity contribution in [3.8, 4) is 0 Å². The predicted molar refractivity (Wildman–Crippen MR) is 92.4 cm³/mol. The Kier molecular flexibility index (Phi) is 4.48. The summed E-state index contributed by atoms with van der Waals surface area (Å²) in [5.41, 5.74) is 1.84. The zero-order valence-corrected chi connectivity index (χ0v) is 13.7. The van der Waals surface area contributed by atoms with Crippen LogP contribution in [0.2, 0.25) is 0 Å². The Morgan fingerprint density at radius 2 is 1.57 bits per heavy atom. The average molecular weight is 312 g/mol. The molecule has 0 aromatic carbocycles. The second-order valence-corrected chi connectivity index (χ2v) is 6.08. The zero-order valence-electron chi connectivity index (χ0n) is 13.7. The molecule has 2 heterocycles. The molecule has 1 aliphatic rings. The SMILES string of the molecule is CCc1ccnc(NC2(Nc3cc(CC)ccn3)CCC2O)c1. The number of pyridine rings is 2. The maximum absolute atomic E-state index is 10.4. The van der Waals surface area contributed by atoms with Crippen molar-refractivity contribution in [3.63, 3.8) is 0 Å². The molecule has 5 nitrogen and oxygen atoms in total. The van der Waals surface area contributed by atoms with Crippen molar-refractivity contribution in [2.45, 2.75) is 51.3 Å². The number of aliphatic hydroxyl groups excluding tert-OH is 1. The van der Waals surface area contributed by atoms with Gasteiger partial charge < -0.3 is 15.7 Å². The summed E-state index contributed by atoms with van der Waals surface area (Å²) in [6.07, 6.45) is 6.64. The first-order valence-electron chi connectivity index (χ1n) is 8.29. The largest absolute Gasteiger partial charge is 0.389 e. The lowest BCUT2D eigenvalue weighted by atomic mass is 9.81. The first-order chi connectivity index (χ1) is 11.1. The molecule has 0 spiro atoms. The maximum Gasteiger partial charge on any atom is 0.137 e. The van der Waals surface area contributed by atoms with Gasteiger partial charge in [0.15, 0.2) is 0 Å². The van der Waals surface area contributed by atoms with E-state index in [2.05, 4.69) is 34.4 Å². The van der Waals surface area contributed by atoms with E-state index in [0.717, 1.165) is 37.3 Å². The highest BCUT2D eigenvalue weighted by atomic mass is 16.3. The molecule has 0 amide bonds. The second kappa shape index (κ2) is 6.54. The normalized spacial score (nSPS) is 19.0. The van der Waals surface area contributed by atoms with E-state index < -0.39 is 11.8 Å². The van der Waals surface area contributed by atoms with Crippen LogP contribution in [0.15, 0.2) is 36.7 Å². The fraction of sp³-hybridized carbons (Fsp3) is 0.444. The molecule has 0 radical (unpaired) electrons. The molecule has 1 fully saturated rings. The molecule has 0 bridgehead atoms. The quantitative estimate of drug-likeness (QED) is 0.715. The highest BCUT2D eigenvalue weighted by Gasteiger charge is 2.46. The Balaban J connectivity index is 1.82. The van der Waals surface area contributed by atoms with Gasteiger partial charge in [0, 0.05) is 12.4 Å². The van der Waals surface area contributed by atoms with E-state index in [1.807, 2.05) is 24.3 Å². The van der Waals surface area contributed by atoms with Gasteiger partial charge in [-0.3, -0.25) is 0 Å². The highest BCUT2D eigenvalue weighted by molar-refractivity contribution is 5.49. The van der Waals surface area contributed by atoms with Gasteiger partial charge in [-0.25, -0.2) is 9.97 Å². The van der Waals surface area contributed by atoms with Crippen LogP contribution >= 0.6 is 0 Å². The Hall–Kier alpha value is -2.14. The van der Waals surface area contributed by atoms with Gasteiger partial charge in [-0.1, -0.05) is 13.8 Å². The van der Waals surface area contributed by atoms with Gasteiger partial charge in [-0.05, 0) is 61.1 Å². The van der Waals surface area contributed by atoms with Gasteiger partial charge >= 0.3 is 0 Å². The minimum Gasteiger partial charge on any atom is -0.389 e. The average Bonchev–Trinajstić information content (AvgIpc) is 2.60. The molecule has 2 aromatic rings. The van der Waals surface area contributed by atoms with Crippen molar-refractivity contribution in [3.05, 3.63) is 47.8 Å². The molecule has 23 heavy (non-hydrogen) atoms. The number of nitrogens with zero attached hydrogens (tertiary/aromatic N) is 2. The summed E-state index contributed by atoms with van der Waals surface area (Å²) in [6.45, 7) is 4.23. The predicted octanol–water partition coefficient (Wildman–Crippen LogP) is 2.98. The fourth-order valence-electron chi connectivity index (χ4n) is 2.87. The topological polar surface area (TPSA) is 70.1 Å². The lowest BCUT2D eigenvalue weighted by Gasteiger charge is -2.48. The Morgan fingerprint density at radius 3 is 1.91 bits per heavy atom. The minimum absolute atomic E-state index is 0.471. The Bertz CT molecular complexity index is 624. The van der Waals surface area contributed by atoms with E-state index in [1.165, 1.54) is 11.1 Å². The molecule has 5 heteroatoms. The lowest BCUT2D eigenvalue weighted by Crippen LogP contribution is -2.63. The third-order valence-corrected chi connectivity index (χ3v) is 4.55. The third-order valence-electron chi connectivity index (χ3n) is 4.55. The molecule has 1 saturated carbocycles. The van der Waals surface area contributed by atoms with Gasteiger partial charge in [0.2, 0.25) is 0 Å². The van der Waals surface area contributed by atoms with Gasteiger partial charge in [-0.2, -0.15) is 0 Å². The number of hydrogen-bond donors (Lipinski definition) is 3. The number of aryl methyl sites for hydroxylation is 2. The molecule has 1 unspecified atom stereocenters. The van der Waals surface area contributed by atoms with Crippen LogP contribution in [0, 0.1) is 0 Å².